The Labute approximate surface area is 123 Å². The quantitative estimate of drug-likeness (QED) is 0.526. The van der Waals surface area contributed by atoms with Gasteiger partial charge in [-0.25, -0.2) is 4.98 Å². The maximum atomic E-state index is 11.3. The second-order valence-electron chi connectivity index (χ2n) is 4.37. The molecule has 0 spiro atoms. The standard InChI is InChI=1S/C14H10BrN3O2/c1-9-16-11-4-2-3-5-12(11)17(9)13-7-6-10(15)8-14(13)18(19)20/h2-8H,1H3. The Kier molecular flexibility index (Phi) is 3.02. The summed E-state index contributed by atoms with van der Waals surface area (Å²) < 4.78 is 2.48. The van der Waals surface area contributed by atoms with Crippen molar-refractivity contribution >= 4 is 32.7 Å². The molecular formula is C14H10BrN3O2. The summed E-state index contributed by atoms with van der Waals surface area (Å²) in [5.74, 6) is 0.719. The van der Waals surface area contributed by atoms with Crippen molar-refractivity contribution in [3.8, 4) is 5.69 Å². The molecule has 1 aromatic heterocycles. The predicted octanol–water partition coefficient (Wildman–Crippen LogP) is 4.00. The Bertz CT molecular complexity index is 826. The lowest BCUT2D eigenvalue weighted by Crippen LogP contribution is -2.02. The Balaban J connectivity index is 2.36. The monoisotopic (exact) mass is 331 g/mol. The lowest BCUT2D eigenvalue weighted by atomic mass is 10.2. The van der Waals surface area contributed by atoms with Gasteiger partial charge < -0.3 is 0 Å². The zero-order valence-corrected chi connectivity index (χ0v) is 12.2. The van der Waals surface area contributed by atoms with E-state index >= 15 is 0 Å². The van der Waals surface area contributed by atoms with Crippen LogP contribution in [0.2, 0.25) is 0 Å². The van der Waals surface area contributed by atoms with Gasteiger partial charge in [0.1, 0.15) is 11.5 Å². The molecule has 100 valence electrons. The summed E-state index contributed by atoms with van der Waals surface area (Å²) in [6.45, 7) is 1.84. The van der Waals surface area contributed by atoms with Gasteiger partial charge in [-0.1, -0.05) is 28.1 Å². The number of aromatic nitrogens is 2. The number of hydrogen-bond acceptors (Lipinski definition) is 3. The van der Waals surface area contributed by atoms with Gasteiger partial charge in [0.15, 0.2) is 0 Å². The molecule has 0 bridgehead atoms. The molecule has 0 aliphatic heterocycles. The second-order valence-corrected chi connectivity index (χ2v) is 5.29. The van der Waals surface area contributed by atoms with Crippen molar-refractivity contribution in [2.45, 2.75) is 6.92 Å². The van der Waals surface area contributed by atoms with E-state index in [0.717, 1.165) is 16.9 Å². The molecule has 0 aliphatic carbocycles. The molecule has 0 N–H and O–H groups in total. The molecule has 3 rings (SSSR count). The van der Waals surface area contributed by atoms with Gasteiger partial charge in [0.05, 0.1) is 16.0 Å². The third-order valence-corrected chi connectivity index (χ3v) is 3.60. The van der Waals surface area contributed by atoms with Crippen molar-refractivity contribution in [2.75, 3.05) is 0 Å². The van der Waals surface area contributed by atoms with E-state index in [4.69, 9.17) is 0 Å². The number of benzene rings is 2. The largest absolute Gasteiger partial charge is 0.294 e. The number of nitro groups is 1. The van der Waals surface area contributed by atoms with Crippen molar-refractivity contribution in [3.63, 3.8) is 0 Å². The van der Waals surface area contributed by atoms with Crippen molar-refractivity contribution in [1.29, 1.82) is 0 Å². The SMILES string of the molecule is Cc1nc2ccccc2n1-c1ccc(Br)cc1[N+](=O)[O-]. The lowest BCUT2D eigenvalue weighted by Gasteiger charge is -2.08. The van der Waals surface area contributed by atoms with E-state index in [0.29, 0.717) is 10.2 Å². The van der Waals surface area contributed by atoms with Crippen LogP contribution in [0.25, 0.3) is 16.7 Å². The first-order valence-corrected chi connectivity index (χ1v) is 6.75. The van der Waals surface area contributed by atoms with Crippen LogP contribution in [0.3, 0.4) is 0 Å². The van der Waals surface area contributed by atoms with Crippen LogP contribution in [0, 0.1) is 17.0 Å². The normalized spacial score (nSPS) is 10.9. The van der Waals surface area contributed by atoms with Crippen LogP contribution in [0.5, 0.6) is 0 Å². The maximum absolute atomic E-state index is 11.3. The van der Waals surface area contributed by atoms with Gasteiger partial charge in [-0.05, 0) is 31.2 Å². The molecule has 0 amide bonds. The van der Waals surface area contributed by atoms with E-state index in [2.05, 4.69) is 20.9 Å². The van der Waals surface area contributed by atoms with Gasteiger partial charge in [0.25, 0.3) is 5.69 Å². The topological polar surface area (TPSA) is 61.0 Å². The minimum Gasteiger partial charge on any atom is -0.290 e. The van der Waals surface area contributed by atoms with Crippen LogP contribution in [0.15, 0.2) is 46.9 Å². The van der Waals surface area contributed by atoms with E-state index < -0.39 is 0 Å². The third-order valence-electron chi connectivity index (χ3n) is 3.10. The van der Waals surface area contributed by atoms with Crippen molar-refractivity contribution in [2.24, 2.45) is 0 Å². The predicted molar refractivity (Wildman–Crippen MR) is 80.2 cm³/mol. The molecule has 3 aromatic rings. The van der Waals surface area contributed by atoms with Crippen molar-refractivity contribution < 1.29 is 4.92 Å². The Morgan fingerprint density at radius 1 is 1.25 bits per heavy atom. The summed E-state index contributed by atoms with van der Waals surface area (Å²) in [7, 11) is 0. The highest BCUT2D eigenvalue weighted by molar-refractivity contribution is 9.10. The number of rotatable bonds is 2. The van der Waals surface area contributed by atoms with E-state index in [-0.39, 0.29) is 10.6 Å². The van der Waals surface area contributed by atoms with E-state index in [1.807, 2.05) is 31.2 Å². The smallest absolute Gasteiger partial charge is 0.290 e. The molecule has 0 saturated heterocycles. The Morgan fingerprint density at radius 2 is 2.00 bits per heavy atom. The molecule has 2 aromatic carbocycles. The highest BCUT2D eigenvalue weighted by Crippen LogP contribution is 2.30. The fourth-order valence-corrected chi connectivity index (χ4v) is 2.63. The summed E-state index contributed by atoms with van der Waals surface area (Å²) in [4.78, 5) is 15.3. The van der Waals surface area contributed by atoms with E-state index in [9.17, 15) is 10.1 Å². The van der Waals surface area contributed by atoms with Gasteiger partial charge >= 0.3 is 0 Å². The summed E-state index contributed by atoms with van der Waals surface area (Å²) in [6.07, 6.45) is 0. The molecule has 20 heavy (non-hydrogen) atoms. The van der Waals surface area contributed by atoms with E-state index in [1.165, 1.54) is 6.07 Å². The minimum atomic E-state index is -0.381. The van der Waals surface area contributed by atoms with Crippen LogP contribution < -0.4 is 0 Å². The van der Waals surface area contributed by atoms with Gasteiger partial charge in [-0.3, -0.25) is 14.7 Å². The number of aryl methyl sites for hydroxylation is 1. The molecule has 1 heterocycles. The number of fused-ring (bicyclic) bond motifs is 1. The molecule has 0 atom stereocenters. The number of hydrogen-bond donors (Lipinski definition) is 0. The highest BCUT2D eigenvalue weighted by atomic mass is 79.9. The zero-order chi connectivity index (χ0) is 14.3. The number of nitro benzene ring substituents is 1. The van der Waals surface area contributed by atoms with Crippen LogP contribution in [-0.4, -0.2) is 14.5 Å². The fraction of sp³-hybridized carbons (Fsp3) is 0.0714. The van der Waals surface area contributed by atoms with Gasteiger partial charge in [0.2, 0.25) is 0 Å². The Morgan fingerprint density at radius 3 is 2.75 bits per heavy atom. The molecular weight excluding hydrogens is 322 g/mol. The molecule has 0 fully saturated rings. The van der Waals surface area contributed by atoms with Crippen LogP contribution in [0.1, 0.15) is 5.82 Å². The molecule has 0 saturated carbocycles. The van der Waals surface area contributed by atoms with E-state index in [1.54, 1.807) is 16.7 Å². The summed E-state index contributed by atoms with van der Waals surface area (Å²) >= 11 is 3.27. The average Bonchev–Trinajstić information content (AvgIpc) is 2.74. The number of nitrogens with zero attached hydrogens (tertiary/aromatic N) is 3. The highest BCUT2D eigenvalue weighted by Gasteiger charge is 2.19. The molecule has 0 unspecified atom stereocenters. The number of imidazole rings is 1. The van der Waals surface area contributed by atoms with Crippen molar-refractivity contribution in [1.82, 2.24) is 9.55 Å². The first-order chi connectivity index (χ1) is 9.58. The zero-order valence-electron chi connectivity index (χ0n) is 10.6. The third kappa shape index (κ3) is 1.98. The second kappa shape index (κ2) is 4.72. The summed E-state index contributed by atoms with van der Waals surface area (Å²) in [5, 5.41) is 11.3. The van der Waals surface area contributed by atoms with Crippen LogP contribution in [-0.2, 0) is 0 Å². The van der Waals surface area contributed by atoms with Crippen LogP contribution in [0.4, 0.5) is 5.69 Å². The fourth-order valence-electron chi connectivity index (χ4n) is 2.28. The molecule has 0 aliphatic rings. The number of para-hydroxylation sites is 2. The van der Waals surface area contributed by atoms with Gasteiger partial charge in [-0.2, -0.15) is 0 Å². The molecule has 6 heteroatoms. The summed E-state index contributed by atoms with van der Waals surface area (Å²) in [5.41, 5.74) is 2.24. The maximum Gasteiger partial charge on any atom is 0.294 e. The average molecular weight is 332 g/mol. The van der Waals surface area contributed by atoms with Crippen LogP contribution >= 0.6 is 15.9 Å². The summed E-state index contributed by atoms with van der Waals surface area (Å²) in [6, 6.07) is 12.6. The molecule has 5 nitrogen and oxygen atoms in total. The first kappa shape index (κ1) is 12.8. The molecule has 0 radical (unpaired) electrons. The van der Waals surface area contributed by atoms with Gasteiger partial charge in [-0.15, -0.1) is 0 Å². The minimum absolute atomic E-state index is 0.0469. The lowest BCUT2D eigenvalue weighted by molar-refractivity contribution is -0.384. The number of halogens is 1. The Hall–Kier alpha value is -2.21. The first-order valence-electron chi connectivity index (χ1n) is 5.96. The van der Waals surface area contributed by atoms with Gasteiger partial charge in [0, 0.05) is 10.5 Å². The van der Waals surface area contributed by atoms with Crippen molar-refractivity contribution in [3.05, 3.63) is 62.9 Å².